The van der Waals surface area contributed by atoms with Gasteiger partial charge in [-0.25, -0.2) is 4.98 Å². The largest absolute Gasteiger partial charge is 0.490 e. The fraction of sp³-hybridized carbons (Fsp3) is 0.250. The Morgan fingerprint density at radius 2 is 2.03 bits per heavy atom. The first-order valence-corrected chi connectivity index (χ1v) is 13.3. The molecule has 9 nitrogen and oxygen atoms in total. The average Bonchev–Trinajstić information content (AvgIpc) is 3.66. The number of benzene rings is 2. The molecular weight excluding hydrogens is 500 g/mol. The lowest BCUT2D eigenvalue weighted by Gasteiger charge is -2.24. The van der Waals surface area contributed by atoms with E-state index in [1.54, 1.807) is 11.0 Å². The van der Waals surface area contributed by atoms with Gasteiger partial charge in [-0.05, 0) is 61.3 Å². The van der Waals surface area contributed by atoms with E-state index in [1.165, 1.54) is 11.3 Å². The van der Waals surface area contributed by atoms with E-state index in [-0.39, 0.29) is 6.10 Å². The lowest BCUT2D eigenvalue weighted by Crippen LogP contribution is -2.34. The molecular formula is C28H28N6O3S. The van der Waals surface area contributed by atoms with Gasteiger partial charge in [0.15, 0.2) is 0 Å². The maximum Gasteiger partial charge on any atom is 0.262 e. The average molecular weight is 529 g/mol. The molecule has 1 aliphatic heterocycles. The summed E-state index contributed by atoms with van der Waals surface area (Å²) in [5.41, 5.74) is 10.5. The maximum absolute atomic E-state index is 12.3. The first-order valence-electron chi connectivity index (χ1n) is 12.5. The molecule has 2 aromatic carbocycles. The summed E-state index contributed by atoms with van der Waals surface area (Å²) in [4.78, 5) is 17.2. The van der Waals surface area contributed by atoms with Crippen molar-refractivity contribution in [2.24, 2.45) is 12.8 Å². The molecule has 1 fully saturated rings. The number of aromatic nitrogens is 4. The number of carbonyl (C=O) groups excluding carboxylic acids is 1. The summed E-state index contributed by atoms with van der Waals surface area (Å²) in [7, 11) is 1.89. The highest BCUT2D eigenvalue weighted by Gasteiger charge is 2.19. The number of thiophene rings is 1. The second kappa shape index (κ2) is 10.3. The molecule has 0 aliphatic carbocycles. The zero-order chi connectivity index (χ0) is 26.1. The SMILES string of the molecule is Cn1cc(-c2ccc3c(c2)ncn3-c2cc(OCc3cccc(OC4CCNCC4)c3)c(C(N)=O)s2)cn1. The van der Waals surface area contributed by atoms with E-state index in [0.717, 1.165) is 64.4 Å². The van der Waals surface area contributed by atoms with Crippen molar-refractivity contribution in [3.8, 4) is 27.6 Å². The van der Waals surface area contributed by atoms with Crippen LogP contribution in [0.4, 0.5) is 0 Å². The normalized spacial score (nSPS) is 14.1. The van der Waals surface area contributed by atoms with Gasteiger partial charge in [-0.3, -0.25) is 14.0 Å². The predicted octanol–water partition coefficient (Wildman–Crippen LogP) is 4.30. The number of hydrogen-bond donors (Lipinski definition) is 2. The molecule has 1 amide bonds. The summed E-state index contributed by atoms with van der Waals surface area (Å²) in [5, 5.41) is 8.40. The monoisotopic (exact) mass is 528 g/mol. The molecule has 0 atom stereocenters. The summed E-state index contributed by atoms with van der Waals surface area (Å²) in [6.45, 7) is 2.24. The molecule has 1 aliphatic rings. The van der Waals surface area contributed by atoms with E-state index >= 15 is 0 Å². The molecule has 1 saturated heterocycles. The number of nitrogens with one attached hydrogen (secondary N) is 1. The first-order chi connectivity index (χ1) is 18.5. The molecule has 3 aromatic heterocycles. The number of imidazole rings is 1. The lowest BCUT2D eigenvalue weighted by atomic mass is 10.1. The quantitative estimate of drug-likeness (QED) is 0.311. The number of primary amides is 1. The van der Waals surface area contributed by atoms with Crippen molar-refractivity contribution in [2.45, 2.75) is 25.6 Å². The van der Waals surface area contributed by atoms with E-state index in [1.807, 2.05) is 72.5 Å². The Bertz CT molecular complexity index is 1600. The van der Waals surface area contributed by atoms with E-state index in [2.05, 4.69) is 15.4 Å². The van der Waals surface area contributed by atoms with Crippen LogP contribution < -0.4 is 20.5 Å². The minimum absolute atomic E-state index is 0.221. The van der Waals surface area contributed by atoms with E-state index in [9.17, 15) is 4.79 Å². The first kappa shape index (κ1) is 24.2. The molecule has 0 bridgehead atoms. The topological polar surface area (TPSA) is 109 Å². The molecule has 10 heteroatoms. The second-order valence-corrected chi connectivity index (χ2v) is 10.4. The number of nitrogens with zero attached hydrogens (tertiary/aromatic N) is 4. The summed E-state index contributed by atoms with van der Waals surface area (Å²) in [6, 6.07) is 15.8. The van der Waals surface area contributed by atoms with Gasteiger partial charge in [-0.15, -0.1) is 11.3 Å². The van der Waals surface area contributed by atoms with Crippen LogP contribution in [0.1, 0.15) is 28.1 Å². The molecule has 5 aromatic rings. The third-order valence-corrected chi connectivity index (χ3v) is 7.74. The fourth-order valence-corrected chi connectivity index (χ4v) is 5.61. The van der Waals surface area contributed by atoms with E-state index in [0.29, 0.717) is 17.2 Å². The molecule has 3 N–H and O–H groups in total. The van der Waals surface area contributed by atoms with Gasteiger partial charge in [-0.1, -0.05) is 18.2 Å². The van der Waals surface area contributed by atoms with Gasteiger partial charge in [0, 0.05) is 24.9 Å². The van der Waals surface area contributed by atoms with Crippen molar-refractivity contribution < 1.29 is 14.3 Å². The number of hydrogen-bond acceptors (Lipinski definition) is 7. The number of fused-ring (bicyclic) bond motifs is 1. The summed E-state index contributed by atoms with van der Waals surface area (Å²) >= 11 is 1.29. The van der Waals surface area contributed by atoms with Crippen molar-refractivity contribution >= 4 is 28.3 Å². The van der Waals surface area contributed by atoms with Crippen LogP contribution in [0, 0.1) is 0 Å². The summed E-state index contributed by atoms with van der Waals surface area (Å²) in [5.74, 6) is 0.758. The Hall–Kier alpha value is -4.15. The second-order valence-electron chi connectivity index (χ2n) is 9.37. The molecule has 4 heterocycles. The zero-order valence-corrected chi connectivity index (χ0v) is 21.8. The number of nitrogens with two attached hydrogens (primary N) is 1. The standard InChI is InChI=1S/C28H28N6O3S/c1-33-15-20(14-32-33)19-5-6-24-23(12-19)31-17-34(24)26-13-25(27(38-26)28(29)35)36-16-18-3-2-4-22(11-18)37-21-7-9-30-10-8-21/h2-6,11-15,17,21,30H,7-10,16H2,1H3,(H2,29,35). The maximum atomic E-state index is 12.3. The van der Waals surface area contributed by atoms with Gasteiger partial charge in [0.2, 0.25) is 0 Å². The number of amides is 1. The smallest absolute Gasteiger partial charge is 0.262 e. The summed E-state index contributed by atoms with van der Waals surface area (Å²) in [6.07, 6.45) is 7.76. The molecule has 0 unspecified atom stereocenters. The molecule has 6 rings (SSSR count). The van der Waals surface area contributed by atoms with Crippen LogP contribution in [0.15, 0.2) is 67.3 Å². The van der Waals surface area contributed by atoms with E-state index in [4.69, 9.17) is 15.2 Å². The Balaban J connectivity index is 1.22. The van der Waals surface area contributed by atoms with Crippen molar-refractivity contribution in [3.63, 3.8) is 0 Å². The highest BCUT2D eigenvalue weighted by Crippen LogP contribution is 2.35. The van der Waals surface area contributed by atoms with Gasteiger partial charge < -0.3 is 20.5 Å². The van der Waals surface area contributed by atoms with Crippen molar-refractivity contribution in [1.82, 2.24) is 24.6 Å². The number of aryl methyl sites for hydroxylation is 1. The predicted molar refractivity (Wildman–Crippen MR) is 147 cm³/mol. The van der Waals surface area contributed by atoms with Crippen LogP contribution in [0.25, 0.3) is 27.2 Å². The van der Waals surface area contributed by atoms with E-state index < -0.39 is 5.91 Å². The van der Waals surface area contributed by atoms with Crippen LogP contribution >= 0.6 is 11.3 Å². The zero-order valence-electron chi connectivity index (χ0n) is 21.0. The summed E-state index contributed by atoms with van der Waals surface area (Å²) < 4.78 is 16.0. The lowest BCUT2D eigenvalue weighted by molar-refractivity contribution is 0.1000. The van der Waals surface area contributed by atoms with Crippen LogP contribution in [-0.4, -0.2) is 44.4 Å². The Morgan fingerprint density at radius 1 is 1.16 bits per heavy atom. The molecule has 0 saturated carbocycles. The molecule has 0 spiro atoms. The number of rotatable bonds is 8. The minimum atomic E-state index is -0.525. The minimum Gasteiger partial charge on any atom is -0.490 e. The molecule has 0 radical (unpaired) electrons. The van der Waals surface area contributed by atoms with Crippen molar-refractivity contribution in [1.29, 1.82) is 0 Å². The van der Waals surface area contributed by atoms with Crippen LogP contribution in [0.5, 0.6) is 11.5 Å². The Morgan fingerprint density at radius 3 is 2.82 bits per heavy atom. The highest BCUT2D eigenvalue weighted by molar-refractivity contribution is 7.16. The third kappa shape index (κ3) is 5.00. The van der Waals surface area contributed by atoms with Gasteiger partial charge in [0.25, 0.3) is 5.91 Å². The number of ether oxygens (including phenoxy) is 2. The van der Waals surface area contributed by atoms with Crippen LogP contribution in [0.2, 0.25) is 0 Å². The van der Waals surface area contributed by atoms with Gasteiger partial charge in [0.05, 0.1) is 17.2 Å². The highest BCUT2D eigenvalue weighted by atomic mass is 32.1. The van der Waals surface area contributed by atoms with Gasteiger partial charge in [0.1, 0.15) is 40.4 Å². The Kier molecular flexibility index (Phi) is 6.57. The van der Waals surface area contributed by atoms with Crippen LogP contribution in [0.3, 0.4) is 0 Å². The van der Waals surface area contributed by atoms with Crippen molar-refractivity contribution in [2.75, 3.05) is 13.1 Å². The molecule has 194 valence electrons. The number of piperidine rings is 1. The third-order valence-electron chi connectivity index (χ3n) is 6.61. The number of carbonyl (C=O) groups is 1. The van der Waals surface area contributed by atoms with Crippen LogP contribution in [-0.2, 0) is 13.7 Å². The fourth-order valence-electron chi connectivity index (χ4n) is 4.67. The van der Waals surface area contributed by atoms with Gasteiger partial charge in [-0.2, -0.15) is 5.10 Å². The Labute approximate surface area is 223 Å². The van der Waals surface area contributed by atoms with Gasteiger partial charge >= 0.3 is 0 Å². The molecule has 38 heavy (non-hydrogen) atoms. The van der Waals surface area contributed by atoms with Crippen molar-refractivity contribution in [3.05, 3.63) is 77.7 Å².